The van der Waals surface area contributed by atoms with Crippen LogP contribution >= 0.6 is 0 Å². The molecule has 0 atom stereocenters. The van der Waals surface area contributed by atoms with Gasteiger partial charge in [0.25, 0.3) is 0 Å². The van der Waals surface area contributed by atoms with Crippen LogP contribution in [0.4, 0.5) is 0 Å². The van der Waals surface area contributed by atoms with E-state index in [0.29, 0.717) is 23.2 Å². The van der Waals surface area contributed by atoms with Crippen molar-refractivity contribution in [1.29, 1.82) is 5.26 Å². The van der Waals surface area contributed by atoms with Gasteiger partial charge in [-0.25, -0.2) is 4.79 Å². The second kappa shape index (κ2) is 7.79. The summed E-state index contributed by atoms with van der Waals surface area (Å²) >= 11 is 0. The fraction of sp³-hybridized carbons (Fsp3) is 0.167. The van der Waals surface area contributed by atoms with E-state index in [1.165, 1.54) is 26.4 Å². The van der Waals surface area contributed by atoms with E-state index in [1.54, 1.807) is 24.3 Å². The molecule has 6 heteroatoms. The number of esters is 1. The Hall–Kier alpha value is -3.33. The maximum atomic E-state index is 12.4. The summed E-state index contributed by atoms with van der Waals surface area (Å²) in [5.74, 6) is -0.297. The maximum Gasteiger partial charge on any atom is 0.343 e. The number of ether oxygens (including phenoxy) is 3. The second-order valence-electron chi connectivity index (χ2n) is 4.73. The molecule has 6 nitrogen and oxygen atoms in total. The van der Waals surface area contributed by atoms with Crippen LogP contribution in [0.25, 0.3) is 0 Å². The predicted octanol–water partition coefficient (Wildman–Crippen LogP) is 2.74. The van der Waals surface area contributed by atoms with Gasteiger partial charge in [0.2, 0.25) is 0 Å². The molecule has 0 saturated heterocycles. The van der Waals surface area contributed by atoms with Gasteiger partial charge in [-0.2, -0.15) is 5.26 Å². The fourth-order valence-electron chi connectivity index (χ4n) is 2.22. The number of nitriles is 1. The molecule has 0 aliphatic rings. The van der Waals surface area contributed by atoms with Gasteiger partial charge in [-0.1, -0.05) is 18.2 Å². The minimum Gasteiger partial charge on any atom is -0.493 e. The van der Waals surface area contributed by atoms with Crippen LogP contribution in [0.1, 0.15) is 31.8 Å². The highest BCUT2D eigenvalue weighted by molar-refractivity contribution is 6.01. The third-order valence-electron chi connectivity index (χ3n) is 3.41. The van der Waals surface area contributed by atoms with Crippen LogP contribution in [0.2, 0.25) is 0 Å². The van der Waals surface area contributed by atoms with E-state index in [2.05, 4.69) is 0 Å². The highest BCUT2D eigenvalue weighted by atomic mass is 16.5. The standard InChI is InChI=1S/C18H15NO5/c1-22-15-8-7-13(10-20)16(17(15)23-2)18(21)24-11-14-6-4-3-5-12(14)9-19/h3-8,10H,11H2,1-2H3. The van der Waals surface area contributed by atoms with Crippen LogP contribution in [0, 0.1) is 11.3 Å². The molecule has 0 radical (unpaired) electrons. The summed E-state index contributed by atoms with van der Waals surface area (Å²) in [6.45, 7) is -0.0960. The van der Waals surface area contributed by atoms with Crippen LogP contribution in [-0.2, 0) is 11.3 Å². The molecule has 2 aromatic rings. The molecule has 2 aromatic carbocycles. The Kier molecular flexibility index (Phi) is 5.53. The van der Waals surface area contributed by atoms with E-state index in [0.717, 1.165) is 0 Å². The van der Waals surface area contributed by atoms with Gasteiger partial charge in [-0.05, 0) is 18.2 Å². The van der Waals surface area contributed by atoms with Crippen molar-refractivity contribution in [3.8, 4) is 17.6 Å². The lowest BCUT2D eigenvalue weighted by Crippen LogP contribution is -2.11. The summed E-state index contributed by atoms with van der Waals surface area (Å²) in [7, 11) is 2.80. The van der Waals surface area contributed by atoms with Crippen molar-refractivity contribution in [2.75, 3.05) is 14.2 Å². The number of carbonyl (C=O) groups is 2. The summed E-state index contributed by atoms with van der Waals surface area (Å²) in [6.07, 6.45) is 0.543. The Labute approximate surface area is 139 Å². The Bertz CT molecular complexity index is 808. The lowest BCUT2D eigenvalue weighted by atomic mass is 10.1. The average Bonchev–Trinajstić information content (AvgIpc) is 2.64. The van der Waals surface area contributed by atoms with E-state index >= 15 is 0 Å². The van der Waals surface area contributed by atoms with Crippen molar-refractivity contribution in [3.05, 3.63) is 58.7 Å². The molecule has 0 fully saturated rings. The van der Waals surface area contributed by atoms with Gasteiger partial charge < -0.3 is 14.2 Å². The van der Waals surface area contributed by atoms with Crippen LogP contribution in [0.3, 0.4) is 0 Å². The summed E-state index contributed by atoms with van der Waals surface area (Å²) in [5, 5.41) is 9.06. The van der Waals surface area contributed by atoms with Crippen molar-refractivity contribution in [3.63, 3.8) is 0 Å². The summed E-state index contributed by atoms with van der Waals surface area (Å²) < 4.78 is 15.6. The van der Waals surface area contributed by atoms with Crippen molar-refractivity contribution in [2.24, 2.45) is 0 Å². The monoisotopic (exact) mass is 325 g/mol. The molecular formula is C18H15NO5. The number of benzene rings is 2. The van der Waals surface area contributed by atoms with Crippen LogP contribution in [0.15, 0.2) is 36.4 Å². The second-order valence-corrected chi connectivity index (χ2v) is 4.73. The Morgan fingerprint density at radius 2 is 1.92 bits per heavy atom. The van der Waals surface area contributed by atoms with Crippen molar-refractivity contribution in [1.82, 2.24) is 0 Å². The number of carbonyl (C=O) groups excluding carboxylic acids is 2. The molecule has 0 heterocycles. The molecule has 0 amide bonds. The SMILES string of the molecule is COc1ccc(C=O)c(C(=O)OCc2ccccc2C#N)c1OC. The molecule has 0 aliphatic heterocycles. The van der Waals surface area contributed by atoms with Gasteiger partial charge in [0.05, 0.1) is 25.9 Å². The Balaban J connectivity index is 2.33. The zero-order valence-corrected chi connectivity index (χ0v) is 13.2. The first-order valence-corrected chi connectivity index (χ1v) is 7.01. The molecule has 0 spiro atoms. The van der Waals surface area contributed by atoms with Crippen LogP contribution in [0.5, 0.6) is 11.5 Å². The van der Waals surface area contributed by atoms with Crippen molar-refractivity contribution in [2.45, 2.75) is 6.61 Å². The van der Waals surface area contributed by atoms with E-state index < -0.39 is 5.97 Å². The van der Waals surface area contributed by atoms with Gasteiger partial charge in [0.1, 0.15) is 12.2 Å². The highest BCUT2D eigenvalue weighted by Gasteiger charge is 2.23. The quantitative estimate of drug-likeness (QED) is 0.599. The summed E-state index contributed by atoms with van der Waals surface area (Å²) in [6, 6.07) is 11.8. The van der Waals surface area contributed by atoms with Gasteiger partial charge >= 0.3 is 5.97 Å². The van der Waals surface area contributed by atoms with Crippen LogP contribution in [-0.4, -0.2) is 26.5 Å². The minimum atomic E-state index is -0.736. The van der Waals surface area contributed by atoms with E-state index in [1.807, 2.05) is 6.07 Å². The van der Waals surface area contributed by atoms with Gasteiger partial charge in [0, 0.05) is 11.1 Å². The van der Waals surface area contributed by atoms with Gasteiger partial charge in [0.15, 0.2) is 17.8 Å². The molecule has 0 aromatic heterocycles. The van der Waals surface area contributed by atoms with Gasteiger partial charge in [-0.15, -0.1) is 0 Å². The van der Waals surface area contributed by atoms with Crippen molar-refractivity contribution >= 4 is 12.3 Å². The molecule has 0 bridgehead atoms. The number of hydrogen-bond acceptors (Lipinski definition) is 6. The fourth-order valence-corrected chi connectivity index (χ4v) is 2.22. The summed E-state index contributed by atoms with van der Waals surface area (Å²) in [5.41, 5.74) is 1.11. The lowest BCUT2D eigenvalue weighted by Gasteiger charge is -2.14. The minimum absolute atomic E-state index is 0.0127. The van der Waals surface area contributed by atoms with Crippen LogP contribution < -0.4 is 9.47 Å². The third kappa shape index (κ3) is 3.36. The normalized spacial score (nSPS) is 9.71. The number of methoxy groups -OCH3 is 2. The number of hydrogen-bond donors (Lipinski definition) is 0. The molecule has 0 aliphatic carbocycles. The zero-order valence-electron chi connectivity index (χ0n) is 13.2. The molecule has 0 unspecified atom stereocenters. The largest absolute Gasteiger partial charge is 0.493 e. The number of aldehydes is 1. The Morgan fingerprint density at radius 1 is 1.17 bits per heavy atom. The molecule has 24 heavy (non-hydrogen) atoms. The van der Waals surface area contributed by atoms with Gasteiger partial charge in [-0.3, -0.25) is 4.79 Å². The van der Waals surface area contributed by atoms with E-state index in [-0.39, 0.29) is 23.5 Å². The first-order valence-electron chi connectivity index (χ1n) is 7.01. The molecule has 0 saturated carbocycles. The highest BCUT2D eigenvalue weighted by Crippen LogP contribution is 2.33. The summed E-state index contributed by atoms with van der Waals surface area (Å²) in [4.78, 5) is 23.7. The Morgan fingerprint density at radius 3 is 2.54 bits per heavy atom. The van der Waals surface area contributed by atoms with E-state index in [9.17, 15) is 9.59 Å². The molecule has 2 rings (SSSR count). The van der Waals surface area contributed by atoms with E-state index in [4.69, 9.17) is 19.5 Å². The maximum absolute atomic E-state index is 12.4. The number of nitrogens with zero attached hydrogens (tertiary/aromatic N) is 1. The third-order valence-corrected chi connectivity index (χ3v) is 3.41. The molecule has 0 N–H and O–H groups in total. The zero-order chi connectivity index (χ0) is 17.5. The predicted molar refractivity (Wildman–Crippen MR) is 85.2 cm³/mol. The average molecular weight is 325 g/mol. The lowest BCUT2D eigenvalue weighted by molar-refractivity contribution is 0.0466. The first-order chi connectivity index (χ1) is 11.7. The molecular weight excluding hydrogens is 310 g/mol. The topological polar surface area (TPSA) is 85.6 Å². The smallest absolute Gasteiger partial charge is 0.343 e. The molecule has 122 valence electrons. The number of rotatable bonds is 6. The van der Waals surface area contributed by atoms with Crippen molar-refractivity contribution < 1.29 is 23.8 Å². The first kappa shape index (κ1) is 17.0.